The molecule has 0 amide bonds. The van der Waals surface area contributed by atoms with Gasteiger partial charge >= 0.3 is 0 Å². The first-order chi connectivity index (χ1) is 12.3. The van der Waals surface area contributed by atoms with E-state index in [1.165, 1.54) is 29.8 Å². The van der Waals surface area contributed by atoms with Crippen LogP contribution in [0.1, 0.15) is 58.6 Å². The van der Waals surface area contributed by atoms with Gasteiger partial charge in [-0.3, -0.25) is 4.55 Å². The van der Waals surface area contributed by atoms with Crippen molar-refractivity contribution < 1.29 is 17.7 Å². The summed E-state index contributed by atoms with van der Waals surface area (Å²) in [6.07, 6.45) is 0. The van der Waals surface area contributed by atoms with E-state index in [0.717, 1.165) is 5.56 Å². The Balaban J connectivity index is 2.09. The summed E-state index contributed by atoms with van der Waals surface area (Å²) in [5.74, 6) is 0.974. The van der Waals surface area contributed by atoms with E-state index in [-0.39, 0.29) is 15.7 Å². The Morgan fingerprint density at radius 3 is 1.74 bits per heavy atom. The normalized spacial score (nSPS) is 13.0. The molecule has 148 valence electrons. The molecule has 4 nitrogen and oxygen atoms in total. The SMILES string of the molecule is CC(C)(C)C(c1ccc(COc2ccc(S(=O)(=O)O)cc2)cc1)C(C)(C)C. The number of rotatable bonds is 5. The van der Waals surface area contributed by atoms with Crippen LogP contribution < -0.4 is 4.74 Å². The summed E-state index contributed by atoms with van der Waals surface area (Å²) in [5.41, 5.74) is 2.67. The third kappa shape index (κ3) is 5.81. The predicted molar refractivity (Wildman–Crippen MR) is 109 cm³/mol. The maximum absolute atomic E-state index is 11.1. The Labute approximate surface area is 163 Å². The van der Waals surface area contributed by atoms with Gasteiger partial charge in [0.15, 0.2) is 0 Å². The second-order valence-electron chi connectivity index (χ2n) is 9.14. The van der Waals surface area contributed by atoms with E-state index in [2.05, 4.69) is 65.8 Å². The van der Waals surface area contributed by atoms with E-state index < -0.39 is 10.1 Å². The molecule has 2 aromatic carbocycles. The molecule has 0 aromatic heterocycles. The number of benzene rings is 2. The van der Waals surface area contributed by atoms with Crippen LogP contribution in [0, 0.1) is 10.8 Å². The minimum Gasteiger partial charge on any atom is -0.489 e. The topological polar surface area (TPSA) is 63.6 Å². The summed E-state index contributed by atoms with van der Waals surface area (Å²) in [6, 6.07) is 14.2. The Hall–Kier alpha value is -1.85. The molecular formula is C22H30O4S. The highest BCUT2D eigenvalue weighted by molar-refractivity contribution is 7.85. The molecule has 2 rings (SSSR count). The Bertz CT molecular complexity index is 839. The molecule has 0 saturated carbocycles. The highest BCUT2D eigenvalue weighted by Gasteiger charge is 2.35. The summed E-state index contributed by atoms with van der Waals surface area (Å²) >= 11 is 0. The van der Waals surface area contributed by atoms with Crippen LogP contribution in [0.3, 0.4) is 0 Å². The van der Waals surface area contributed by atoms with Crippen molar-refractivity contribution in [3.05, 3.63) is 59.7 Å². The lowest BCUT2D eigenvalue weighted by Crippen LogP contribution is -2.30. The van der Waals surface area contributed by atoms with Crippen molar-refractivity contribution in [3.8, 4) is 5.75 Å². The smallest absolute Gasteiger partial charge is 0.294 e. The first-order valence-corrected chi connectivity index (χ1v) is 10.5. The van der Waals surface area contributed by atoms with Crippen molar-refractivity contribution in [1.82, 2.24) is 0 Å². The van der Waals surface area contributed by atoms with Crippen LogP contribution in [0.5, 0.6) is 5.75 Å². The molecule has 0 atom stereocenters. The Morgan fingerprint density at radius 2 is 1.33 bits per heavy atom. The molecule has 0 saturated heterocycles. The number of ether oxygens (including phenoxy) is 1. The fourth-order valence-electron chi connectivity index (χ4n) is 3.98. The summed E-state index contributed by atoms with van der Waals surface area (Å²) in [5, 5.41) is 0. The molecule has 2 aromatic rings. The Kier molecular flexibility index (Phi) is 6.07. The summed E-state index contributed by atoms with van der Waals surface area (Å²) in [7, 11) is -4.18. The van der Waals surface area contributed by atoms with Gasteiger partial charge in [0.2, 0.25) is 0 Å². The fraction of sp³-hybridized carbons (Fsp3) is 0.455. The monoisotopic (exact) mass is 390 g/mol. The average Bonchev–Trinajstić information content (AvgIpc) is 2.51. The first-order valence-electron chi connectivity index (χ1n) is 9.08. The van der Waals surface area contributed by atoms with Gasteiger partial charge < -0.3 is 4.74 Å². The van der Waals surface area contributed by atoms with E-state index in [0.29, 0.717) is 18.3 Å². The molecule has 1 N–H and O–H groups in total. The zero-order chi connectivity index (χ0) is 20.5. The highest BCUT2D eigenvalue weighted by Crippen LogP contribution is 2.47. The third-order valence-electron chi connectivity index (χ3n) is 4.57. The van der Waals surface area contributed by atoms with Crippen LogP contribution in [-0.4, -0.2) is 13.0 Å². The lowest BCUT2D eigenvalue weighted by molar-refractivity contribution is 0.176. The van der Waals surface area contributed by atoms with Crippen LogP contribution in [0.2, 0.25) is 0 Å². The second kappa shape index (κ2) is 7.64. The molecule has 0 radical (unpaired) electrons. The van der Waals surface area contributed by atoms with Gasteiger partial charge in [-0.05, 0) is 52.1 Å². The van der Waals surface area contributed by atoms with Crippen molar-refractivity contribution in [1.29, 1.82) is 0 Å². The molecule has 0 aliphatic rings. The molecular weight excluding hydrogens is 360 g/mol. The van der Waals surface area contributed by atoms with Crippen molar-refractivity contribution >= 4 is 10.1 Å². The van der Waals surface area contributed by atoms with Crippen LogP contribution in [-0.2, 0) is 16.7 Å². The van der Waals surface area contributed by atoms with Crippen molar-refractivity contribution in [3.63, 3.8) is 0 Å². The molecule has 27 heavy (non-hydrogen) atoms. The molecule has 0 unspecified atom stereocenters. The van der Waals surface area contributed by atoms with E-state index in [1.807, 2.05) is 0 Å². The van der Waals surface area contributed by atoms with Crippen molar-refractivity contribution in [2.24, 2.45) is 10.8 Å². The molecule has 0 heterocycles. The molecule has 0 fully saturated rings. The zero-order valence-electron chi connectivity index (χ0n) is 17.0. The van der Waals surface area contributed by atoms with Gasteiger partial charge in [-0.2, -0.15) is 8.42 Å². The van der Waals surface area contributed by atoms with E-state index in [4.69, 9.17) is 9.29 Å². The van der Waals surface area contributed by atoms with Crippen LogP contribution in [0.4, 0.5) is 0 Å². The van der Waals surface area contributed by atoms with Gasteiger partial charge in [0.05, 0.1) is 4.90 Å². The fourth-order valence-corrected chi connectivity index (χ4v) is 4.46. The van der Waals surface area contributed by atoms with Crippen LogP contribution in [0.15, 0.2) is 53.4 Å². The summed E-state index contributed by atoms with van der Waals surface area (Å²) < 4.78 is 36.9. The number of hydrogen-bond donors (Lipinski definition) is 1. The second-order valence-corrected chi connectivity index (χ2v) is 10.6. The lowest BCUT2D eigenvalue weighted by Gasteiger charge is -2.41. The van der Waals surface area contributed by atoms with E-state index >= 15 is 0 Å². The lowest BCUT2D eigenvalue weighted by atomic mass is 9.63. The standard InChI is InChI=1S/C22H30O4S/c1-21(2,3)20(22(4,5)6)17-9-7-16(8-10-17)15-26-18-11-13-19(14-12-18)27(23,24)25/h7-14,20H,15H2,1-6H3,(H,23,24,25). The first kappa shape index (κ1) is 21.5. The molecule has 0 aliphatic heterocycles. The quantitative estimate of drug-likeness (QED) is 0.666. The maximum Gasteiger partial charge on any atom is 0.294 e. The average molecular weight is 391 g/mol. The van der Waals surface area contributed by atoms with Crippen LogP contribution >= 0.6 is 0 Å². The largest absolute Gasteiger partial charge is 0.489 e. The summed E-state index contributed by atoms with van der Waals surface area (Å²) in [4.78, 5) is -0.144. The van der Waals surface area contributed by atoms with Crippen molar-refractivity contribution in [2.45, 2.75) is 59.0 Å². The van der Waals surface area contributed by atoms with E-state index in [9.17, 15) is 8.42 Å². The minimum absolute atomic E-state index is 0.144. The predicted octanol–water partition coefficient (Wildman–Crippen LogP) is 5.69. The van der Waals surface area contributed by atoms with Gasteiger partial charge in [0.1, 0.15) is 12.4 Å². The Morgan fingerprint density at radius 1 is 0.852 bits per heavy atom. The van der Waals surface area contributed by atoms with Gasteiger partial charge in [-0.15, -0.1) is 0 Å². The number of hydrogen-bond acceptors (Lipinski definition) is 3. The summed E-state index contributed by atoms with van der Waals surface area (Å²) in [6.45, 7) is 14.0. The molecule has 0 spiro atoms. The van der Waals surface area contributed by atoms with Gasteiger partial charge in [0.25, 0.3) is 10.1 Å². The van der Waals surface area contributed by atoms with Crippen molar-refractivity contribution in [2.75, 3.05) is 0 Å². The van der Waals surface area contributed by atoms with Gasteiger partial charge in [0, 0.05) is 0 Å². The molecule has 0 bridgehead atoms. The minimum atomic E-state index is -4.18. The van der Waals surface area contributed by atoms with Gasteiger partial charge in [-0.25, -0.2) is 0 Å². The van der Waals surface area contributed by atoms with Crippen LogP contribution in [0.25, 0.3) is 0 Å². The third-order valence-corrected chi connectivity index (χ3v) is 5.44. The maximum atomic E-state index is 11.1. The zero-order valence-corrected chi connectivity index (χ0v) is 17.8. The molecule has 0 aliphatic carbocycles. The van der Waals surface area contributed by atoms with E-state index in [1.54, 1.807) is 0 Å². The van der Waals surface area contributed by atoms with Gasteiger partial charge in [-0.1, -0.05) is 65.8 Å². The highest BCUT2D eigenvalue weighted by atomic mass is 32.2. The molecule has 5 heteroatoms.